The average molecular weight is 425 g/mol. The van der Waals surface area contributed by atoms with Gasteiger partial charge in [-0.15, -0.1) is 0 Å². The summed E-state index contributed by atoms with van der Waals surface area (Å²) in [6, 6.07) is 8.87. The van der Waals surface area contributed by atoms with E-state index in [9.17, 15) is 0 Å². The zero-order valence-electron chi connectivity index (χ0n) is 18.9. The molecule has 32 heavy (non-hydrogen) atoms. The van der Waals surface area contributed by atoms with Crippen LogP contribution in [-0.4, -0.2) is 30.8 Å². The Kier molecular flexibility index (Phi) is 5.13. The third kappa shape index (κ3) is 3.30. The second-order valence-corrected chi connectivity index (χ2v) is 9.69. The van der Waals surface area contributed by atoms with Gasteiger partial charge in [-0.3, -0.25) is 4.99 Å². The van der Waals surface area contributed by atoms with E-state index in [1.54, 1.807) is 24.1 Å². The first-order chi connectivity index (χ1) is 15.8. The Balaban J connectivity index is 1.32. The van der Waals surface area contributed by atoms with Gasteiger partial charge in [-0.2, -0.15) is 0 Å². The van der Waals surface area contributed by atoms with Crippen LogP contribution in [0.4, 0.5) is 0 Å². The summed E-state index contributed by atoms with van der Waals surface area (Å²) < 4.78 is 5.29. The highest BCUT2D eigenvalue weighted by molar-refractivity contribution is 5.74. The maximum Gasteiger partial charge on any atom is 0.118 e. The van der Waals surface area contributed by atoms with Crippen molar-refractivity contribution in [2.75, 3.05) is 13.7 Å². The van der Waals surface area contributed by atoms with E-state index in [2.05, 4.69) is 58.5 Å². The molecule has 0 radical (unpaired) electrons. The van der Waals surface area contributed by atoms with Gasteiger partial charge in [0.05, 0.1) is 13.2 Å². The minimum Gasteiger partial charge on any atom is -0.497 e. The van der Waals surface area contributed by atoms with Crippen molar-refractivity contribution in [3.05, 3.63) is 82.7 Å². The van der Waals surface area contributed by atoms with Gasteiger partial charge in [0, 0.05) is 36.0 Å². The van der Waals surface area contributed by atoms with Crippen LogP contribution in [0.2, 0.25) is 0 Å². The molecule has 0 aromatic heterocycles. The van der Waals surface area contributed by atoms with E-state index in [4.69, 9.17) is 4.74 Å². The van der Waals surface area contributed by atoms with Crippen LogP contribution in [0.5, 0.6) is 5.75 Å². The molecular weight excluding hydrogens is 392 g/mol. The van der Waals surface area contributed by atoms with Crippen LogP contribution in [0.15, 0.2) is 82.2 Å². The molecule has 1 saturated heterocycles. The van der Waals surface area contributed by atoms with Crippen molar-refractivity contribution in [3.63, 3.8) is 0 Å². The number of benzene rings is 1. The van der Waals surface area contributed by atoms with E-state index in [0.29, 0.717) is 23.8 Å². The molecule has 0 spiro atoms. The molecule has 1 fully saturated rings. The molecule has 6 rings (SSSR count). The quantitative estimate of drug-likeness (QED) is 0.564. The van der Waals surface area contributed by atoms with Crippen molar-refractivity contribution in [2.45, 2.75) is 44.6 Å². The maximum atomic E-state index is 5.29. The number of rotatable bonds is 4. The van der Waals surface area contributed by atoms with Gasteiger partial charge in [0.1, 0.15) is 5.75 Å². The van der Waals surface area contributed by atoms with Gasteiger partial charge in [0.2, 0.25) is 0 Å². The van der Waals surface area contributed by atoms with Crippen LogP contribution in [0.1, 0.15) is 44.1 Å². The van der Waals surface area contributed by atoms with Crippen molar-refractivity contribution < 1.29 is 4.74 Å². The molecule has 1 aromatic rings. The molecule has 164 valence electrons. The summed E-state index contributed by atoms with van der Waals surface area (Å²) in [4.78, 5) is 7.44. The zero-order valence-corrected chi connectivity index (χ0v) is 18.9. The van der Waals surface area contributed by atoms with E-state index >= 15 is 0 Å². The largest absolute Gasteiger partial charge is 0.497 e. The minimum atomic E-state index is 0.520. The van der Waals surface area contributed by atoms with Crippen molar-refractivity contribution in [1.82, 2.24) is 4.90 Å². The third-order valence-corrected chi connectivity index (χ3v) is 8.07. The van der Waals surface area contributed by atoms with Crippen molar-refractivity contribution in [3.8, 4) is 5.75 Å². The highest BCUT2D eigenvalue weighted by atomic mass is 16.5. The van der Waals surface area contributed by atoms with Crippen LogP contribution in [-0.2, 0) is 0 Å². The van der Waals surface area contributed by atoms with Gasteiger partial charge in [-0.1, -0.05) is 42.5 Å². The first-order valence-electron chi connectivity index (χ1n) is 12.2. The smallest absolute Gasteiger partial charge is 0.118 e. The Morgan fingerprint density at radius 1 is 1.12 bits per heavy atom. The van der Waals surface area contributed by atoms with Gasteiger partial charge in [-0.05, 0) is 79.4 Å². The number of hydrogen-bond acceptors (Lipinski definition) is 3. The van der Waals surface area contributed by atoms with Gasteiger partial charge >= 0.3 is 0 Å². The molecule has 3 heteroatoms. The number of hydrogen-bond donors (Lipinski definition) is 0. The number of nitrogens with zero attached hydrogens (tertiary/aromatic N) is 2. The molecule has 2 aliphatic carbocycles. The molecular formula is C29H32N2O. The highest BCUT2D eigenvalue weighted by Gasteiger charge is 2.49. The minimum absolute atomic E-state index is 0.520. The normalized spacial score (nSPS) is 30.5. The number of fused-ring (bicyclic) bond motifs is 5. The van der Waals surface area contributed by atoms with E-state index in [1.807, 2.05) is 18.3 Å². The summed E-state index contributed by atoms with van der Waals surface area (Å²) in [7, 11) is 1.72. The molecule has 3 heterocycles. The summed E-state index contributed by atoms with van der Waals surface area (Å²) in [5.74, 6) is 2.80. The molecule has 3 aliphatic heterocycles. The maximum absolute atomic E-state index is 5.29. The van der Waals surface area contributed by atoms with Crippen LogP contribution >= 0.6 is 0 Å². The zero-order chi connectivity index (χ0) is 21.5. The number of dihydropyridines is 1. The summed E-state index contributed by atoms with van der Waals surface area (Å²) in [6.45, 7) is 0.966. The molecule has 5 aliphatic rings. The summed E-state index contributed by atoms with van der Waals surface area (Å²) in [5, 5.41) is 0. The predicted octanol–water partition coefficient (Wildman–Crippen LogP) is 6.33. The number of aliphatic imine (C=N–C) groups is 1. The third-order valence-electron chi connectivity index (χ3n) is 8.07. The summed E-state index contributed by atoms with van der Waals surface area (Å²) >= 11 is 0. The van der Waals surface area contributed by atoms with Crippen LogP contribution in [0.25, 0.3) is 6.08 Å². The lowest BCUT2D eigenvalue weighted by atomic mass is 9.74. The fourth-order valence-corrected chi connectivity index (χ4v) is 6.54. The van der Waals surface area contributed by atoms with Gasteiger partial charge in [0.15, 0.2) is 0 Å². The van der Waals surface area contributed by atoms with Gasteiger partial charge in [-0.25, -0.2) is 0 Å². The Hall–Kier alpha value is -2.81. The Morgan fingerprint density at radius 3 is 2.91 bits per heavy atom. The van der Waals surface area contributed by atoms with Crippen molar-refractivity contribution >= 4 is 12.3 Å². The molecule has 0 amide bonds. The number of ether oxygens (including phenoxy) is 1. The molecule has 0 saturated carbocycles. The fourth-order valence-electron chi connectivity index (χ4n) is 6.54. The Morgan fingerprint density at radius 2 is 2.03 bits per heavy atom. The number of methoxy groups -OCH3 is 1. The van der Waals surface area contributed by atoms with E-state index in [-0.39, 0.29) is 0 Å². The van der Waals surface area contributed by atoms with E-state index in [0.717, 1.165) is 25.1 Å². The predicted molar refractivity (Wildman–Crippen MR) is 132 cm³/mol. The molecule has 0 N–H and O–H groups in total. The lowest BCUT2D eigenvalue weighted by molar-refractivity contribution is 0.319. The van der Waals surface area contributed by atoms with E-state index < -0.39 is 0 Å². The lowest BCUT2D eigenvalue weighted by Crippen LogP contribution is -2.34. The molecule has 3 nitrogen and oxygen atoms in total. The van der Waals surface area contributed by atoms with Crippen LogP contribution in [0.3, 0.4) is 0 Å². The highest BCUT2D eigenvalue weighted by Crippen LogP contribution is 2.55. The molecule has 1 aromatic carbocycles. The summed E-state index contributed by atoms with van der Waals surface area (Å²) in [5.41, 5.74) is 7.69. The fraction of sp³-hybridized carbons (Fsp3) is 0.414. The Bertz CT molecular complexity index is 1070. The Labute approximate surface area is 191 Å². The van der Waals surface area contributed by atoms with Gasteiger partial charge < -0.3 is 9.64 Å². The monoisotopic (exact) mass is 424 g/mol. The van der Waals surface area contributed by atoms with Crippen LogP contribution < -0.4 is 4.74 Å². The topological polar surface area (TPSA) is 24.8 Å². The first kappa shape index (κ1) is 19.8. The number of allylic oxidation sites excluding steroid dienone is 6. The second kappa shape index (κ2) is 8.27. The average Bonchev–Trinajstić information content (AvgIpc) is 3.07. The standard InChI is InChI=1S/C29H32N2O/c1-32-23-13-9-20(10-14-23)5-4-7-21-11-16-25-26-19-30-18-17-28(26)31-27-8-3-2-6-22(27)12-15-24(21)29(25)31/h2,4-6,9-10,12-14,17-18,21,25-27H,3,7-8,11,15-16,19H2,1H3/t21?,25-,26-,27?/m1/s1. The lowest BCUT2D eigenvalue weighted by Gasteiger charge is -2.37. The van der Waals surface area contributed by atoms with E-state index in [1.165, 1.54) is 36.8 Å². The van der Waals surface area contributed by atoms with Crippen molar-refractivity contribution in [1.29, 1.82) is 0 Å². The SMILES string of the molecule is COc1ccc(C=CCC2CC[C@H]3C4=C2CC=C2C=CCCC2N4C2=CC=NC[C@@H]23)cc1. The second-order valence-electron chi connectivity index (χ2n) is 9.69. The molecule has 0 bridgehead atoms. The first-order valence-corrected chi connectivity index (χ1v) is 12.2. The van der Waals surface area contributed by atoms with Crippen molar-refractivity contribution in [2.24, 2.45) is 22.7 Å². The molecule has 2 unspecified atom stereocenters. The van der Waals surface area contributed by atoms with Crippen LogP contribution in [0, 0.1) is 17.8 Å². The summed E-state index contributed by atoms with van der Waals surface area (Å²) in [6.07, 6.45) is 23.6. The van der Waals surface area contributed by atoms with Gasteiger partial charge in [0.25, 0.3) is 0 Å². The molecule has 4 atom stereocenters.